The van der Waals surface area contributed by atoms with E-state index in [-0.39, 0.29) is 0 Å². The summed E-state index contributed by atoms with van der Waals surface area (Å²) in [5, 5.41) is 12.0. The first-order chi connectivity index (χ1) is 15.7. The molecule has 0 bridgehead atoms. The first kappa shape index (κ1) is 20.7. The molecule has 0 aliphatic heterocycles. The number of rotatable bonds is 7. The van der Waals surface area contributed by atoms with E-state index in [1.54, 1.807) is 48.9 Å². The average molecular weight is 423 g/mol. The molecule has 4 rings (SSSR count). The Labute approximate surface area is 185 Å². The van der Waals surface area contributed by atoms with Crippen molar-refractivity contribution in [1.82, 2.24) is 24.9 Å². The first-order valence-electron chi connectivity index (χ1n) is 9.88. The molecular weight excluding hydrogens is 402 g/mol. The van der Waals surface area contributed by atoms with Gasteiger partial charge in [-0.2, -0.15) is 25.2 Å². The van der Waals surface area contributed by atoms with Crippen LogP contribution in [0.3, 0.4) is 0 Å². The predicted octanol–water partition coefficient (Wildman–Crippen LogP) is 3.27. The monoisotopic (exact) mass is 423 g/mol. The molecule has 0 aliphatic carbocycles. The number of nitrogens with zero attached hydrogens (tertiary/aromatic N) is 9. The number of hydrazone groups is 2. The van der Waals surface area contributed by atoms with Gasteiger partial charge in [-0.1, -0.05) is 42.5 Å². The second kappa shape index (κ2) is 9.98. The molecule has 0 unspecified atom stereocenters. The Kier molecular flexibility index (Phi) is 6.47. The van der Waals surface area contributed by atoms with Crippen LogP contribution in [0.15, 0.2) is 89.3 Å². The molecule has 3 aromatic heterocycles. The molecule has 0 N–H and O–H groups in total. The van der Waals surface area contributed by atoms with E-state index in [0.29, 0.717) is 17.7 Å². The van der Waals surface area contributed by atoms with Gasteiger partial charge in [-0.15, -0.1) is 0 Å². The third-order valence-corrected chi connectivity index (χ3v) is 4.32. The van der Waals surface area contributed by atoms with Crippen LogP contribution < -0.4 is 10.0 Å². The second-order valence-electron chi connectivity index (χ2n) is 6.67. The summed E-state index contributed by atoms with van der Waals surface area (Å²) >= 11 is 0. The van der Waals surface area contributed by atoms with E-state index in [1.807, 2.05) is 66.7 Å². The Morgan fingerprint density at radius 3 is 1.59 bits per heavy atom. The molecule has 0 amide bonds. The van der Waals surface area contributed by atoms with Gasteiger partial charge < -0.3 is 0 Å². The van der Waals surface area contributed by atoms with Gasteiger partial charge in [0.25, 0.3) is 11.9 Å². The minimum atomic E-state index is 0.376. The Bertz CT molecular complexity index is 1120. The van der Waals surface area contributed by atoms with Gasteiger partial charge in [0.1, 0.15) is 0 Å². The molecule has 1 aromatic carbocycles. The van der Waals surface area contributed by atoms with Gasteiger partial charge in [0.05, 0.1) is 23.8 Å². The number of benzene rings is 1. The summed E-state index contributed by atoms with van der Waals surface area (Å²) < 4.78 is 0. The molecule has 0 radical (unpaired) electrons. The van der Waals surface area contributed by atoms with Crippen LogP contribution >= 0.6 is 0 Å². The zero-order chi connectivity index (χ0) is 22.2. The molecule has 32 heavy (non-hydrogen) atoms. The zero-order valence-corrected chi connectivity index (χ0v) is 17.7. The lowest BCUT2D eigenvalue weighted by Gasteiger charge is -2.16. The number of hydrogen-bond donors (Lipinski definition) is 0. The van der Waals surface area contributed by atoms with Crippen molar-refractivity contribution in [2.45, 2.75) is 0 Å². The highest BCUT2D eigenvalue weighted by Crippen LogP contribution is 2.20. The lowest BCUT2D eigenvalue weighted by atomic mass is 10.2. The van der Waals surface area contributed by atoms with Crippen LogP contribution in [-0.2, 0) is 0 Å². The normalized spacial score (nSPS) is 11.2. The number of pyridine rings is 2. The van der Waals surface area contributed by atoms with E-state index in [9.17, 15) is 0 Å². The zero-order valence-electron chi connectivity index (χ0n) is 17.7. The minimum absolute atomic E-state index is 0.376. The summed E-state index contributed by atoms with van der Waals surface area (Å²) in [5.74, 6) is 1.27. The van der Waals surface area contributed by atoms with Crippen LogP contribution in [0.2, 0.25) is 0 Å². The highest BCUT2D eigenvalue weighted by atomic mass is 15.5. The smallest absolute Gasteiger partial charge is 0.251 e. The van der Waals surface area contributed by atoms with Crippen molar-refractivity contribution in [3.8, 4) is 11.4 Å². The van der Waals surface area contributed by atoms with Crippen LogP contribution in [0.25, 0.3) is 11.4 Å². The third-order valence-electron chi connectivity index (χ3n) is 4.32. The van der Waals surface area contributed by atoms with Gasteiger partial charge in [0.15, 0.2) is 5.82 Å². The molecule has 158 valence electrons. The van der Waals surface area contributed by atoms with Crippen molar-refractivity contribution in [2.24, 2.45) is 10.2 Å². The van der Waals surface area contributed by atoms with Crippen molar-refractivity contribution in [2.75, 3.05) is 24.1 Å². The Morgan fingerprint density at radius 2 is 1.12 bits per heavy atom. The van der Waals surface area contributed by atoms with E-state index < -0.39 is 0 Å². The van der Waals surface area contributed by atoms with Gasteiger partial charge >= 0.3 is 0 Å². The maximum Gasteiger partial charge on any atom is 0.251 e. The number of aromatic nitrogens is 5. The quantitative estimate of drug-likeness (QED) is 0.332. The van der Waals surface area contributed by atoms with Crippen LogP contribution in [0.4, 0.5) is 11.9 Å². The van der Waals surface area contributed by atoms with Gasteiger partial charge in [-0.3, -0.25) is 9.97 Å². The van der Waals surface area contributed by atoms with Crippen molar-refractivity contribution in [3.05, 3.63) is 90.5 Å². The number of hydrogen-bond acceptors (Lipinski definition) is 9. The molecule has 3 heterocycles. The molecular formula is C23H21N9. The van der Waals surface area contributed by atoms with Gasteiger partial charge in [0, 0.05) is 32.1 Å². The number of anilines is 2. The molecule has 9 nitrogen and oxygen atoms in total. The van der Waals surface area contributed by atoms with E-state index in [4.69, 9.17) is 0 Å². The summed E-state index contributed by atoms with van der Waals surface area (Å²) in [4.78, 5) is 22.2. The molecule has 0 fully saturated rings. The van der Waals surface area contributed by atoms with Crippen molar-refractivity contribution < 1.29 is 0 Å². The maximum atomic E-state index is 4.60. The fourth-order valence-corrected chi connectivity index (χ4v) is 2.66. The summed E-state index contributed by atoms with van der Waals surface area (Å²) in [6.45, 7) is 0. The molecule has 0 saturated carbocycles. The van der Waals surface area contributed by atoms with Crippen LogP contribution in [-0.4, -0.2) is 51.4 Å². The predicted molar refractivity (Wildman–Crippen MR) is 126 cm³/mol. The molecule has 0 aliphatic rings. The topological polar surface area (TPSA) is 95.7 Å². The Hall–Kier alpha value is -4.53. The minimum Gasteiger partial charge on any atom is -0.255 e. The van der Waals surface area contributed by atoms with Crippen LogP contribution in [0.5, 0.6) is 0 Å². The van der Waals surface area contributed by atoms with Crippen LogP contribution in [0.1, 0.15) is 11.4 Å². The fraction of sp³-hybridized carbons (Fsp3) is 0.0870. The Balaban J connectivity index is 1.66. The summed E-state index contributed by atoms with van der Waals surface area (Å²) in [5.41, 5.74) is 2.32. The highest BCUT2D eigenvalue weighted by Gasteiger charge is 2.14. The molecule has 9 heteroatoms. The fourth-order valence-electron chi connectivity index (χ4n) is 2.66. The van der Waals surface area contributed by atoms with Gasteiger partial charge in [-0.05, 0) is 24.3 Å². The van der Waals surface area contributed by atoms with Crippen LogP contribution in [0, 0.1) is 0 Å². The highest BCUT2D eigenvalue weighted by molar-refractivity contribution is 5.78. The molecule has 4 aromatic rings. The van der Waals surface area contributed by atoms with E-state index in [0.717, 1.165) is 17.0 Å². The van der Waals surface area contributed by atoms with Crippen molar-refractivity contribution >= 4 is 24.3 Å². The van der Waals surface area contributed by atoms with Crippen molar-refractivity contribution in [3.63, 3.8) is 0 Å². The maximum absolute atomic E-state index is 4.60. The largest absolute Gasteiger partial charge is 0.255 e. The standard InChI is InChI=1S/C23H21N9/c1-31(26-16-19-12-6-8-14-24-19)22-28-21(18-10-4-3-5-11-18)29-23(30-22)32(2)27-17-20-13-7-9-15-25-20/h3-17H,1-2H3/b26-16+,27-17+. The molecule has 0 atom stereocenters. The third kappa shape index (κ3) is 5.33. The lowest BCUT2D eigenvalue weighted by molar-refractivity contribution is 0.868. The summed E-state index contributed by atoms with van der Waals surface area (Å²) in [6.07, 6.45) is 6.72. The van der Waals surface area contributed by atoms with Gasteiger partial charge in [0.2, 0.25) is 0 Å². The van der Waals surface area contributed by atoms with Gasteiger partial charge in [-0.25, -0.2) is 10.0 Å². The van der Waals surface area contributed by atoms with Crippen molar-refractivity contribution in [1.29, 1.82) is 0 Å². The first-order valence-corrected chi connectivity index (χ1v) is 9.88. The Morgan fingerprint density at radius 1 is 0.625 bits per heavy atom. The van der Waals surface area contributed by atoms with E-state index >= 15 is 0 Å². The van der Waals surface area contributed by atoms with E-state index in [2.05, 4.69) is 35.1 Å². The van der Waals surface area contributed by atoms with E-state index in [1.165, 1.54) is 0 Å². The summed E-state index contributed by atoms with van der Waals surface area (Å²) in [6, 6.07) is 20.9. The summed E-state index contributed by atoms with van der Waals surface area (Å²) in [7, 11) is 3.54. The lowest BCUT2D eigenvalue weighted by Crippen LogP contribution is -2.19. The molecule has 0 saturated heterocycles. The second-order valence-corrected chi connectivity index (χ2v) is 6.67. The SMILES string of the molecule is CN(/N=C/c1ccccn1)c1nc(-c2ccccc2)nc(N(C)/N=C/c2ccccn2)n1. The molecule has 0 spiro atoms. The average Bonchev–Trinajstić information content (AvgIpc) is 2.87.